The second-order valence-corrected chi connectivity index (χ2v) is 6.83. The van der Waals surface area contributed by atoms with Crippen LogP contribution in [0.5, 0.6) is 0 Å². The number of fused-ring (bicyclic) bond motifs is 4. The molecular weight excluding hydrogens is 346 g/mol. The maximum atomic E-state index is 12.9. The van der Waals surface area contributed by atoms with Crippen molar-refractivity contribution in [1.29, 1.82) is 0 Å². The van der Waals surface area contributed by atoms with E-state index in [0.29, 0.717) is 31.3 Å². The van der Waals surface area contributed by atoms with E-state index >= 15 is 0 Å². The SMILES string of the molecule is O=C1Nc2c(Cl)cccc2C1=c1sc2nc3ccccc3n2c1=O. The lowest BCUT2D eigenvalue weighted by Crippen LogP contribution is -2.27. The first-order valence-electron chi connectivity index (χ1n) is 7.19. The smallest absolute Gasteiger partial charge is 0.275 e. The van der Waals surface area contributed by atoms with Crippen LogP contribution in [0.1, 0.15) is 5.56 Å². The van der Waals surface area contributed by atoms with Gasteiger partial charge in [-0.05, 0) is 18.2 Å². The predicted molar refractivity (Wildman–Crippen MR) is 94.7 cm³/mol. The number of nitrogens with zero attached hydrogens (tertiary/aromatic N) is 2. The van der Waals surface area contributed by atoms with Crippen LogP contribution in [0, 0.1) is 0 Å². The number of imidazole rings is 1. The van der Waals surface area contributed by atoms with Gasteiger partial charge in [-0.25, -0.2) is 9.38 Å². The molecule has 0 aliphatic carbocycles. The van der Waals surface area contributed by atoms with Crippen molar-refractivity contribution < 1.29 is 4.79 Å². The molecule has 1 N–H and O–H groups in total. The molecule has 24 heavy (non-hydrogen) atoms. The molecule has 0 spiro atoms. The molecule has 1 amide bonds. The van der Waals surface area contributed by atoms with Gasteiger partial charge in [0.25, 0.3) is 11.5 Å². The number of rotatable bonds is 0. The summed E-state index contributed by atoms with van der Waals surface area (Å²) in [4.78, 5) is 30.4. The largest absolute Gasteiger partial charge is 0.320 e. The topological polar surface area (TPSA) is 63.5 Å². The summed E-state index contributed by atoms with van der Waals surface area (Å²) in [5.74, 6) is -0.316. The molecule has 0 unspecified atom stereocenters. The van der Waals surface area contributed by atoms with Gasteiger partial charge >= 0.3 is 0 Å². The molecule has 0 saturated heterocycles. The summed E-state index contributed by atoms with van der Waals surface area (Å²) < 4.78 is 1.93. The summed E-state index contributed by atoms with van der Waals surface area (Å²) in [6.07, 6.45) is 0. The number of aromatic nitrogens is 2. The van der Waals surface area contributed by atoms with E-state index in [1.807, 2.05) is 24.3 Å². The maximum absolute atomic E-state index is 12.9. The van der Waals surface area contributed by atoms with E-state index in [9.17, 15) is 9.59 Å². The highest BCUT2D eigenvalue weighted by molar-refractivity contribution is 7.15. The van der Waals surface area contributed by atoms with Crippen molar-refractivity contribution in [3.63, 3.8) is 0 Å². The van der Waals surface area contributed by atoms with Crippen LogP contribution in [0.25, 0.3) is 21.6 Å². The summed E-state index contributed by atoms with van der Waals surface area (Å²) in [7, 11) is 0. The zero-order valence-electron chi connectivity index (χ0n) is 12.0. The number of para-hydroxylation sites is 3. The van der Waals surface area contributed by atoms with Gasteiger partial charge in [-0.15, -0.1) is 0 Å². The zero-order chi connectivity index (χ0) is 16.4. The quantitative estimate of drug-likeness (QED) is 0.528. The average molecular weight is 354 g/mol. The van der Waals surface area contributed by atoms with E-state index in [1.54, 1.807) is 22.6 Å². The van der Waals surface area contributed by atoms with Crippen molar-refractivity contribution in [2.24, 2.45) is 0 Å². The van der Waals surface area contributed by atoms with Crippen LogP contribution in [-0.2, 0) is 4.79 Å². The lowest BCUT2D eigenvalue weighted by Gasteiger charge is -1.98. The molecule has 7 heteroatoms. The van der Waals surface area contributed by atoms with Crippen molar-refractivity contribution in [2.75, 3.05) is 5.32 Å². The number of anilines is 1. The lowest BCUT2D eigenvalue weighted by molar-refractivity contribution is -0.110. The van der Waals surface area contributed by atoms with Gasteiger partial charge in [0.15, 0.2) is 4.96 Å². The lowest BCUT2D eigenvalue weighted by atomic mass is 10.1. The van der Waals surface area contributed by atoms with Crippen molar-refractivity contribution in [2.45, 2.75) is 0 Å². The van der Waals surface area contributed by atoms with E-state index in [4.69, 9.17) is 11.6 Å². The number of hydrogen-bond donors (Lipinski definition) is 1. The number of thiazole rings is 1. The molecule has 2 aromatic carbocycles. The van der Waals surface area contributed by atoms with Gasteiger partial charge in [-0.3, -0.25) is 9.59 Å². The molecule has 4 aromatic rings. The van der Waals surface area contributed by atoms with E-state index in [0.717, 1.165) is 11.0 Å². The van der Waals surface area contributed by atoms with Crippen LogP contribution in [0.15, 0.2) is 47.3 Å². The van der Waals surface area contributed by atoms with Gasteiger partial charge in [0.2, 0.25) is 0 Å². The van der Waals surface area contributed by atoms with Crippen molar-refractivity contribution in [3.05, 3.63) is 67.9 Å². The minimum Gasteiger partial charge on any atom is -0.320 e. The molecule has 0 bridgehead atoms. The maximum Gasteiger partial charge on any atom is 0.275 e. The highest BCUT2D eigenvalue weighted by Crippen LogP contribution is 2.35. The summed E-state index contributed by atoms with van der Waals surface area (Å²) in [6, 6.07) is 12.7. The Morgan fingerprint density at radius 3 is 2.79 bits per heavy atom. The number of carbonyl (C=O) groups is 1. The first kappa shape index (κ1) is 13.7. The number of benzene rings is 2. The third-order valence-corrected chi connectivity index (χ3v) is 5.45. The van der Waals surface area contributed by atoms with E-state index in [1.165, 1.54) is 11.3 Å². The van der Waals surface area contributed by atoms with Gasteiger partial charge in [0, 0.05) is 5.56 Å². The Morgan fingerprint density at radius 1 is 1.08 bits per heavy atom. The van der Waals surface area contributed by atoms with E-state index < -0.39 is 0 Å². The molecule has 116 valence electrons. The highest BCUT2D eigenvalue weighted by atomic mass is 35.5. The van der Waals surface area contributed by atoms with Gasteiger partial charge in [0.05, 0.1) is 27.3 Å². The first-order chi connectivity index (χ1) is 11.6. The molecule has 0 fully saturated rings. The molecule has 2 aromatic heterocycles. The second kappa shape index (κ2) is 4.66. The molecule has 5 nitrogen and oxygen atoms in total. The highest BCUT2D eigenvalue weighted by Gasteiger charge is 2.28. The molecule has 1 aliphatic heterocycles. The van der Waals surface area contributed by atoms with Gasteiger partial charge in [0.1, 0.15) is 4.53 Å². The van der Waals surface area contributed by atoms with Crippen molar-refractivity contribution in [1.82, 2.24) is 9.38 Å². The van der Waals surface area contributed by atoms with Crippen LogP contribution >= 0.6 is 22.9 Å². The van der Waals surface area contributed by atoms with Crippen molar-refractivity contribution >= 4 is 56.1 Å². The fraction of sp³-hybridized carbons (Fsp3) is 0. The van der Waals surface area contributed by atoms with Crippen LogP contribution in [0.3, 0.4) is 0 Å². The van der Waals surface area contributed by atoms with Gasteiger partial charge in [-0.2, -0.15) is 0 Å². The van der Waals surface area contributed by atoms with E-state index in [-0.39, 0.29) is 11.5 Å². The number of hydrogen-bond acceptors (Lipinski definition) is 4. The molecule has 1 aliphatic rings. The summed E-state index contributed by atoms with van der Waals surface area (Å²) in [6.45, 7) is 0. The number of halogens is 1. The Hall–Kier alpha value is -2.70. The van der Waals surface area contributed by atoms with E-state index in [2.05, 4.69) is 10.3 Å². The summed E-state index contributed by atoms with van der Waals surface area (Å²) in [5.41, 5.74) is 2.83. The van der Waals surface area contributed by atoms with Crippen LogP contribution in [-0.4, -0.2) is 15.3 Å². The van der Waals surface area contributed by atoms with Gasteiger partial charge in [-0.1, -0.05) is 47.2 Å². The standard InChI is InChI=1S/C17H8ClN3O2S/c18-9-5-3-4-8-12(15(22)20-13(8)9)14-16(23)21-11-7-2-1-6-10(11)19-17(21)24-14/h1-7H,(H,20,22). The number of nitrogens with one attached hydrogen (secondary N) is 1. The molecule has 0 atom stereocenters. The Labute approximate surface area is 143 Å². The average Bonchev–Trinajstić information content (AvgIpc) is 3.19. The first-order valence-corrected chi connectivity index (χ1v) is 8.39. The number of amides is 1. The zero-order valence-corrected chi connectivity index (χ0v) is 13.6. The Kier molecular flexibility index (Phi) is 2.66. The normalized spacial score (nSPS) is 16.0. The second-order valence-electron chi connectivity index (χ2n) is 5.45. The van der Waals surface area contributed by atoms with Gasteiger partial charge < -0.3 is 5.32 Å². The Balaban J connectivity index is 1.96. The Bertz CT molecular complexity index is 1290. The van der Waals surface area contributed by atoms with Crippen LogP contribution in [0.2, 0.25) is 5.02 Å². The predicted octanol–water partition coefficient (Wildman–Crippen LogP) is 2.43. The molecule has 0 saturated carbocycles. The molecular formula is C17H8ClN3O2S. The molecule has 5 rings (SSSR count). The molecule has 0 radical (unpaired) electrons. The third kappa shape index (κ3) is 1.67. The monoisotopic (exact) mass is 353 g/mol. The van der Waals surface area contributed by atoms with Crippen LogP contribution < -0.4 is 15.4 Å². The summed E-state index contributed by atoms with van der Waals surface area (Å²) >= 11 is 7.36. The van der Waals surface area contributed by atoms with Crippen molar-refractivity contribution in [3.8, 4) is 0 Å². The number of carbonyl (C=O) groups excluding carboxylic acids is 1. The Morgan fingerprint density at radius 2 is 1.92 bits per heavy atom. The van der Waals surface area contributed by atoms with Crippen LogP contribution in [0.4, 0.5) is 5.69 Å². The fourth-order valence-corrected chi connectivity index (χ4v) is 4.35. The fourth-order valence-electron chi connectivity index (χ4n) is 3.05. The minimum atomic E-state index is -0.316. The minimum absolute atomic E-state index is 0.235. The summed E-state index contributed by atoms with van der Waals surface area (Å²) in [5, 5.41) is 3.20. The third-order valence-electron chi connectivity index (χ3n) is 4.10. The molecule has 3 heterocycles.